The third kappa shape index (κ3) is 16.5. The molecule has 5 amide bonds. The number of benzene rings is 3. The van der Waals surface area contributed by atoms with Crippen molar-refractivity contribution in [1.82, 2.24) is 25.1 Å². The number of carbonyl (C=O) groups is 6. The smallest absolute Gasteiger partial charge is 0.417 e. The predicted octanol–water partition coefficient (Wildman–Crippen LogP) is 6.98. The number of imide groups is 2. The van der Waals surface area contributed by atoms with Gasteiger partial charge in [-0.2, -0.15) is 0 Å². The number of ether oxygens (including phenoxy) is 4. The van der Waals surface area contributed by atoms with Crippen LogP contribution in [-0.2, 0) is 59.6 Å². The standard InChI is InChI=1S/C46H58N6O10/c1-2-3-4-5-6-18-27-59-43(55)39(25-16-17-26-49-44(56)60-31-35-19-10-7-11-20-35)52(46(58)62-33-37-23-14-9-15-24-37)42(54)40(28-38-30-48-34-50-38)51(41(53)29-47)45(57)61-32-36-21-12-8-13-22-36/h7-15,19-24,30,34,39-40H,2-6,16-18,25-29,31-33,47H2,1H3,(H,48,50)(H,49,56)/t39-,40-/m0/s1. The summed E-state index contributed by atoms with van der Waals surface area (Å²) in [5.41, 5.74) is 8.14. The number of rotatable bonds is 25. The van der Waals surface area contributed by atoms with E-state index in [-0.39, 0.29) is 52.2 Å². The number of hydrogen-bond donors (Lipinski definition) is 3. The third-order valence-corrected chi connectivity index (χ3v) is 9.76. The molecule has 4 rings (SSSR count). The van der Waals surface area contributed by atoms with E-state index in [1.807, 2.05) is 30.3 Å². The fraction of sp³-hybridized carbons (Fsp3) is 0.413. The van der Waals surface area contributed by atoms with Crippen molar-refractivity contribution in [2.24, 2.45) is 5.73 Å². The summed E-state index contributed by atoms with van der Waals surface area (Å²) in [5, 5.41) is 2.68. The number of alkyl carbamates (subject to hydrolysis) is 1. The van der Waals surface area contributed by atoms with E-state index >= 15 is 4.79 Å². The van der Waals surface area contributed by atoms with Crippen LogP contribution in [0.4, 0.5) is 14.4 Å². The van der Waals surface area contributed by atoms with Gasteiger partial charge < -0.3 is 35.0 Å². The third-order valence-electron chi connectivity index (χ3n) is 9.76. The second kappa shape index (κ2) is 27.3. The molecule has 0 spiro atoms. The average Bonchev–Trinajstić information content (AvgIpc) is 3.82. The second-order valence-electron chi connectivity index (χ2n) is 14.5. The Balaban J connectivity index is 1.64. The first-order valence-electron chi connectivity index (χ1n) is 21.1. The molecule has 16 nitrogen and oxygen atoms in total. The molecule has 2 atom stereocenters. The molecular weight excluding hydrogens is 797 g/mol. The van der Waals surface area contributed by atoms with Gasteiger partial charge in [0, 0.05) is 24.9 Å². The van der Waals surface area contributed by atoms with Gasteiger partial charge in [-0.15, -0.1) is 0 Å². The summed E-state index contributed by atoms with van der Waals surface area (Å²) in [6, 6.07) is 23.3. The Morgan fingerprint density at radius 1 is 0.661 bits per heavy atom. The maximum absolute atomic E-state index is 15.1. The molecule has 0 saturated carbocycles. The number of nitrogens with two attached hydrogens (primary N) is 1. The van der Waals surface area contributed by atoms with Crippen LogP contribution < -0.4 is 11.1 Å². The number of imidazole rings is 1. The summed E-state index contributed by atoms with van der Waals surface area (Å²) in [7, 11) is 0. The van der Waals surface area contributed by atoms with Crippen LogP contribution in [0.1, 0.15) is 87.1 Å². The Morgan fingerprint density at radius 2 is 1.21 bits per heavy atom. The minimum absolute atomic E-state index is 0.0263. The van der Waals surface area contributed by atoms with Crippen molar-refractivity contribution < 1.29 is 47.7 Å². The lowest BCUT2D eigenvalue weighted by Gasteiger charge is -2.34. The van der Waals surface area contributed by atoms with Crippen LogP contribution in [-0.4, -0.2) is 87.6 Å². The van der Waals surface area contributed by atoms with Crippen molar-refractivity contribution in [2.75, 3.05) is 19.7 Å². The SMILES string of the molecule is CCCCCCCCOC(=O)[C@H](CCCCNC(=O)OCc1ccccc1)N(C(=O)OCc1ccccc1)C(=O)[C@H](Cc1cnc[nH]1)N(C(=O)CN)C(=O)OCc1ccccc1. The second-order valence-corrected chi connectivity index (χ2v) is 14.5. The highest BCUT2D eigenvalue weighted by Gasteiger charge is 2.45. The molecule has 0 bridgehead atoms. The Morgan fingerprint density at radius 3 is 1.76 bits per heavy atom. The number of aromatic amines is 1. The van der Waals surface area contributed by atoms with Crippen molar-refractivity contribution in [3.8, 4) is 0 Å². The van der Waals surface area contributed by atoms with Crippen LogP contribution in [0.15, 0.2) is 104 Å². The number of amides is 5. The van der Waals surface area contributed by atoms with Crippen LogP contribution in [0.25, 0.3) is 0 Å². The average molecular weight is 855 g/mol. The molecule has 16 heteroatoms. The van der Waals surface area contributed by atoms with Crippen LogP contribution in [0.3, 0.4) is 0 Å². The molecular formula is C46H58N6O10. The van der Waals surface area contributed by atoms with Gasteiger partial charge >= 0.3 is 24.2 Å². The fourth-order valence-corrected chi connectivity index (χ4v) is 6.43. The van der Waals surface area contributed by atoms with Gasteiger partial charge in [0.1, 0.15) is 31.9 Å². The maximum Gasteiger partial charge on any atom is 0.417 e. The molecule has 4 N–H and O–H groups in total. The van der Waals surface area contributed by atoms with E-state index in [2.05, 4.69) is 22.2 Å². The van der Waals surface area contributed by atoms with Crippen molar-refractivity contribution in [1.29, 1.82) is 0 Å². The number of H-pyrrole nitrogens is 1. The van der Waals surface area contributed by atoms with E-state index in [4.69, 9.17) is 24.7 Å². The zero-order valence-electron chi connectivity index (χ0n) is 35.3. The lowest BCUT2D eigenvalue weighted by Crippen LogP contribution is -2.60. The maximum atomic E-state index is 15.1. The first-order valence-corrected chi connectivity index (χ1v) is 21.1. The largest absolute Gasteiger partial charge is 0.464 e. The normalized spacial score (nSPS) is 11.7. The first-order chi connectivity index (χ1) is 30.2. The van der Waals surface area contributed by atoms with E-state index in [9.17, 15) is 24.0 Å². The molecule has 1 heterocycles. The summed E-state index contributed by atoms with van der Waals surface area (Å²) >= 11 is 0. The van der Waals surface area contributed by atoms with Crippen molar-refractivity contribution in [3.05, 3.63) is 126 Å². The van der Waals surface area contributed by atoms with E-state index in [1.165, 1.54) is 12.5 Å². The van der Waals surface area contributed by atoms with Gasteiger partial charge in [0.05, 0.1) is 19.5 Å². The zero-order chi connectivity index (χ0) is 44.4. The minimum atomic E-state index is -1.77. The molecule has 0 aliphatic carbocycles. The van der Waals surface area contributed by atoms with E-state index in [1.54, 1.807) is 60.7 Å². The van der Waals surface area contributed by atoms with Gasteiger partial charge in [0.2, 0.25) is 5.91 Å². The number of hydrogen-bond acceptors (Lipinski definition) is 12. The summed E-state index contributed by atoms with van der Waals surface area (Å²) in [5.74, 6) is -2.99. The van der Waals surface area contributed by atoms with E-state index < -0.39 is 54.7 Å². The quantitative estimate of drug-likeness (QED) is 0.0350. The Hall–Kier alpha value is -6.55. The Labute approximate surface area is 362 Å². The molecule has 3 aromatic carbocycles. The highest BCUT2D eigenvalue weighted by Crippen LogP contribution is 2.21. The molecule has 0 aliphatic rings. The van der Waals surface area contributed by atoms with Crippen LogP contribution >= 0.6 is 0 Å². The van der Waals surface area contributed by atoms with Crippen molar-refractivity contribution in [2.45, 2.75) is 103 Å². The Kier molecular flexibility index (Phi) is 21.2. The van der Waals surface area contributed by atoms with Gasteiger partial charge in [-0.3, -0.25) is 9.59 Å². The van der Waals surface area contributed by atoms with Gasteiger partial charge in [-0.25, -0.2) is 34.0 Å². The molecule has 0 unspecified atom stereocenters. The van der Waals surface area contributed by atoms with Crippen LogP contribution in [0.2, 0.25) is 0 Å². The molecule has 0 radical (unpaired) electrons. The summed E-state index contributed by atoms with van der Waals surface area (Å²) < 4.78 is 22.3. The summed E-state index contributed by atoms with van der Waals surface area (Å²) in [6.45, 7) is 1.15. The molecule has 0 aliphatic heterocycles. The number of aromatic nitrogens is 2. The Bertz CT molecular complexity index is 1950. The number of carbonyl (C=O) groups excluding carboxylic acids is 6. The highest BCUT2D eigenvalue weighted by molar-refractivity contribution is 6.04. The van der Waals surface area contributed by atoms with Crippen LogP contribution in [0, 0.1) is 0 Å². The van der Waals surface area contributed by atoms with Gasteiger partial charge in [0.25, 0.3) is 5.91 Å². The number of nitrogens with one attached hydrogen (secondary N) is 2. The van der Waals surface area contributed by atoms with Crippen molar-refractivity contribution >= 4 is 36.1 Å². The van der Waals surface area contributed by atoms with Crippen LogP contribution in [0.5, 0.6) is 0 Å². The fourth-order valence-electron chi connectivity index (χ4n) is 6.43. The van der Waals surface area contributed by atoms with Crippen molar-refractivity contribution in [3.63, 3.8) is 0 Å². The van der Waals surface area contributed by atoms with Gasteiger partial charge in [-0.05, 0) is 42.4 Å². The summed E-state index contributed by atoms with van der Waals surface area (Å²) in [4.78, 5) is 91.6. The first kappa shape index (κ1) is 48.1. The highest BCUT2D eigenvalue weighted by atomic mass is 16.6. The number of unbranched alkanes of at least 4 members (excludes halogenated alkanes) is 6. The lowest BCUT2D eigenvalue weighted by atomic mass is 10.0. The summed E-state index contributed by atoms with van der Waals surface area (Å²) in [6.07, 6.45) is 5.23. The van der Waals surface area contributed by atoms with Gasteiger partial charge in [0.15, 0.2) is 0 Å². The van der Waals surface area contributed by atoms with Gasteiger partial charge in [-0.1, -0.05) is 130 Å². The molecule has 62 heavy (non-hydrogen) atoms. The zero-order valence-corrected chi connectivity index (χ0v) is 35.3. The van der Waals surface area contributed by atoms with E-state index in [0.717, 1.165) is 37.7 Å². The molecule has 4 aromatic rings. The molecule has 332 valence electrons. The molecule has 1 aromatic heterocycles. The lowest BCUT2D eigenvalue weighted by molar-refractivity contribution is -0.156. The molecule has 0 saturated heterocycles. The number of esters is 1. The number of nitrogens with zero attached hydrogens (tertiary/aromatic N) is 3. The van der Waals surface area contributed by atoms with E-state index in [0.29, 0.717) is 39.5 Å². The topological polar surface area (TPSA) is 213 Å². The monoisotopic (exact) mass is 854 g/mol. The molecule has 0 fully saturated rings. The predicted molar refractivity (Wildman–Crippen MR) is 229 cm³/mol. The minimum Gasteiger partial charge on any atom is -0.464 e.